The maximum absolute atomic E-state index is 11.8. The minimum atomic E-state index is -9.28. The van der Waals surface area contributed by atoms with Crippen LogP contribution in [0.5, 0.6) is 0 Å². The number of halogens is 5. The Morgan fingerprint density at radius 1 is 0.818 bits per heavy atom. The van der Waals surface area contributed by atoms with E-state index in [0.717, 1.165) is 0 Å². The van der Waals surface area contributed by atoms with E-state index in [1.54, 1.807) is 0 Å². The van der Waals surface area contributed by atoms with Gasteiger partial charge in [-0.3, -0.25) is 0 Å². The fourth-order valence-corrected chi connectivity index (χ4v) is 1.98. The van der Waals surface area contributed by atoms with Gasteiger partial charge in [-0.25, -0.2) is 0 Å². The Kier molecular flexibility index (Phi) is 1.36. The van der Waals surface area contributed by atoms with Crippen LogP contribution >= 0.6 is 10.4 Å². The first-order valence-corrected chi connectivity index (χ1v) is 4.99. The van der Waals surface area contributed by atoms with Gasteiger partial charge in [0.1, 0.15) is 0 Å². The van der Waals surface area contributed by atoms with Gasteiger partial charge in [0, 0.05) is 13.1 Å². The molecule has 70 valence electrons. The molecule has 1 aliphatic rings. The van der Waals surface area contributed by atoms with E-state index >= 15 is 0 Å². The lowest BCUT2D eigenvalue weighted by Gasteiger charge is -2.47. The van der Waals surface area contributed by atoms with Crippen molar-refractivity contribution in [2.24, 2.45) is 0 Å². The van der Waals surface area contributed by atoms with Crippen LogP contribution in [0.3, 0.4) is 0 Å². The van der Waals surface area contributed by atoms with E-state index in [1.165, 1.54) is 0 Å². The smallest absolute Gasteiger partial charge is 0.169 e. The Bertz CT molecular complexity index is 164. The Hall–Kier alpha value is -0.0400. The van der Waals surface area contributed by atoms with Gasteiger partial charge in [0.15, 0.2) is 0 Å². The third-order valence-corrected chi connectivity index (χ3v) is 2.89. The summed E-state index contributed by atoms with van der Waals surface area (Å²) >= 11 is 0. The largest absolute Gasteiger partial charge is 0.344 e. The van der Waals surface area contributed by atoms with Crippen LogP contribution in [-0.4, -0.2) is 17.4 Å². The van der Waals surface area contributed by atoms with Gasteiger partial charge >= 0.3 is 10.4 Å². The van der Waals surface area contributed by atoms with Crippen LogP contribution in [0.2, 0.25) is 0 Å². The number of hydrogen-bond donors (Lipinski definition) is 0. The molecule has 0 aliphatic carbocycles. The summed E-state index contributed by atoms with van der Waals surface area (Å²) in [5, 5.41) is 0. The molecule has 11 heavy (non-hydrogen) atoms. The predicted molar refractivity (Wildman–Crippen MR) is 33.9 cm³/mol. The maximum Gasteiger partial charge on any atom is 0.344 e. The van der Waals surface area contributed by atoms with E-state index in [4.69, 9.17) is 0 Å². The minimum absolute atomic E-state index is 0.200. The van der Waals surface area contributed by atoms with Crippen molar-refractivity contribution in [1.82, 2.24) is 4.31 Å². The van der Waals surface area contributed by atoms with E-state index in [1.807, 2.05) is 0 Å². The Morgan fingerprint density at radius 3 is 1.36 bits per heavy atom. The molecule has 0 amide bonds. The van der Waals surface area contributed by atoms with Gasteiger partial charge in [-0.05, 0) is 12.8 Å². The molecule has 1 saturated heterocycles. The second kappa shape index (κ2) is 1.66. The molecule has 1 nitrogen and oxygen atoms in total. The zero-order chi connectivity index (χ0) is 8.81. The lowest BCUT2D eigenvalue weighted by molar-refractivity contribution is 0.257. The van der Waals surface area contributed by atoms with Crippen molar-refractivity contribution < 1.29 is 19.4 Å². The average Bonchev–Trinajstić information content (AvgIpc) is 2.01. The van der Waals surface area contributed by atoms with Gasteiger partial charge in [-0.2, -0.15) is 4.31 Å². The lowest BCUT2D eigenvalue weighted by atomic mass is 10.4. The van der Waals surface area contributed by atoms with Crippen molar-refractivity contribution in [3.05, 3.63) is 0 Å². The quantitative estimate of drug-likeness (QED) is 0.583. The second-order valence-corrected chi connectivity index (χ2v) is 4.94. The molecular weight excluding hydrogens is 189 g/mol. The molecule has 1 heterocycles. The van der Waals surface area contributed by atoms with E-state index in [2.05, 4.69) is 0 Å². The lowest BCUT2D eigenvalue weighted by Crippen LogP contribution is -2.31. The molecule has 1 aliphatic heterocycles. The molecular formula is C4H8F5NS. The van der Waals surface area contributed by atoms with Gasteiger partial charge in [0.05, 0.1) is 0 Å². The van der Waals surface area contributed by atoms with E-state index in [0.29, 0.717) is 0 Å². The van der Waals surface area contributed by atoms with Crippen LogP contribution in [0.25, 0.3) is 0 Å². The van der Waals surface area contributed by atoms with E-state index < -0.39 is 27.8 Å². The summed E-state index contributed by atoms with van der Waals surface area (Å²) < 4.78 is 58.6. The summed E-state index contributed by atoms with van der Waals surface area (Å²) in [7, 11) is -9.28. The first-order valence-electron chi connectivity index (χ1n) is 3.09. The highest BCUT2D eigenvalue weighted by atomic mass is 32.5. The summed E-state index contributed by atoms with van der Waals surface area (Å²) in [5.74, 6) is 0. The van der Waals surface area contributed by atoms with E-state index in [-0.39, 0.29) is 12.8 Å². The highest BCUT2D eigenvalue weighted by Crippen LogP contribution is 2.99. The summed E-state index contributed by atoms with van der Waals surface area (Å²) in [6, 6.07) is 0. The first-order chi connectivity index (χ1) is 4.59. The number of nitrogens with zero attached hydrogens (tertiary/aromatic N) is 1. The molecule has 0 radical (unpaired) electrons. The van der Waals surface area contributed by atoms with Gasteiger partial charge < -0.3 is 0 Å². The van der Waals surface area contributed by atoms with Crippen molar-refractivity contribution in [1.29, 1.82) is 0 Å². The average molecular weight is 197 g/mol. The second-order valence-electron chi connectivity index (χ2n) is 2.56. The first kappa shape index (κ1) is 9.05. The highest BCUT2D eigenvalue weighted by molar-refractivity contribution is 8.43. The van der Waals surface area contributed by atoms with Crippen molar-refractivity contribution in [2.75, 3.05) is 13.1 Å². The van der Waals surface area contributed by atoms with Gasteiger partial charge in [-0.1, -0.05) is 19.4 Å². The van der Waals surface area contributed by atoms with Crippen LogP contribution in [0.15, 0.2) is 0 Å². The molecule has 0 unspecified atom stereocenters. The molecule has 1 fully saturated rings. The van der Waals surface area contributed by atoms with Crippen LogP contribution in [0.1, 0.15) is 12.8 Å². The number of rotatable bonds is 1. The molecule has 0 spiro atoms. The molecule has 0 bridgehead atoms. The fourth-order valence-electron chi connectivity index (χ4n) is 1.03. The molecule has 0 atom stereocenters. The van der Waals surface area contributed by atoms with Crippen molar-refractivity contribution in [3.63, 3.8) is 0 Å². The molecule has 0 saturated carbocycles. The SMILES string of the molecule is FS(F)(F)(F)(F)N1CCCC1. The van der Waals surface area contributed by atoms with Crippen molar-refractivity contribution >= 4 is 10.4 Å². The molecule has 0 aromatic carbocycles. The molecule has 1 rings (SSSR count). The normalized spacial score (nSPS) is 28.1. The van der Waals surface area contributed by atoms with Crippen molar-refractivity contribution in [2.45, 2.75) is 12.8 Å². The summed E-state index contributed by atoms with van der Waals surface area (Å²) in [6.45, 7) is -1.11. The zero-order valence-corrected chi connectivity index (χ0v) is 6.39. The minimum Gasteiger partial charge on any atom is -0.169 e. The third kappa shape index (κ3) is 2.19. The van der Waals surface area contributed by atoms with Gasteiger partial charge in [0.25, 0.3) is 0 Å². The predicted octanol–water partition coefficient (Wildman–Crippen LogP) is 3.30. The van der Waals surface area contributed by atoms with Crippen LogP contribution in [0, 0.1) is 0 Å². The summed E-state index contributed by atoms with van der Waals surface area (Å²) in [5.41, 5.74) is 0. The number of hydrogen-bond acceptors (Lipinski definition) is 1. The van der Waals surface area contributed by atoms with Gasteiger partial charge in [-0.15, -0.1) is 0 Å². The topological polar surface area (TPSA) is 3.24 Å². The Balaban J connectivity index is 2.88. The van der Waals surface area contributed by atoms with Gasteiger partial charge in [0.2, 0.25) is 0 Å². The monoisotopic (exact) mass is 197 g/mol. The summed E-state index contributed by atoms with van der Waals surface area (Å²) in [4.78, 5) is 0. The van der Waals surface area contributed by atoms with Crippen LogP contribution in [-0.2, 0) is 0 Å². The molecule has 0 aromatic rings. The standard InChI is InChI=1S/C4H8F5NS/c5-11(6,7,8,9)10-3-1-2-4-10/h1-4H2. The Morgan fingerprint density at radius 2 is 1.18 bits per heavy atom. The summed E-state index contributed by atoms with van der Waals surface area (Å²) in [6.07, 6.45) is 0.400. The molecule has 0 N–H and O–H groups in total. The molecule has 7 heteroatoms. The van der Waals surface area contributed by atoms with Crippen LogP contribution in [0.4, 0.5) is 19.4 Å². The fraction of sp³-hybridized carbons (Fsp3) is 1.00. The molecule has 0 aromatic heterocycles. The van der Waals surface area contributed by atoms with E-state index in [9.17, 15) is 19.4 Å². The highest BCUT2D eigenvalue weighted by Gasteiger charge is 2.69. The van der Waals surface area contributed by atoms with Crippen molar-refractivity contribution in [3.8, 4) is 0 Å². The third-order valence-electron chi connectivity index (χ3n) is 1.55. The van der Waals surface area contributed by atoms with Crippen LogP contribution < -0.4 is 0 Å². The zero-order valence-electron chi connectivity index (χ0n) is 5.57. The Labute approximate surface area is 61.0 Å². The maximum atomic E-state index is 11.8.